The summed E-state index contributed by atoms with van der Waals surface area (Å²) in [7, 11) is 0. The smallest absolute Gasteiger partial charge is 0.342 e. The van der Waals surface area contributed by atoms with Crippen molar-refractivity contribution < 1.29 is 14.3 Å². The van der Waals surface area contributed by atoms with Crippen LogP contribution in [0, 0.1) is 0 Å². The minimum atomic E-state index is -0.601. The molecule has 0 aliphatic heterocycles. The van der Waals surface area contributed by atoms with Gasteiger partial charge in [-0.15, -0.1) is 0 Å². The number of esters is 1. The van der Waals surface area contributed by atoms with Crippen LogP contribution in [-0.2, 0) is 9.53 Å². The van der Waals surface area contributed by atoms with Gasteiger partial charge in [0.25, 0.3) is 0 Å². The fraction of sp³-hybridized carbons (Fsp3) is 0.273. The second-order valence-electron chi connectivity index (χ2n) is 5.70. The van der Waals surface area contributed by atoms with E-state index in [1.165, 1.54) is 0 Å². The van der Waals surface area contributed by atoms with Gasteiger partial charge < -0.3 is 9.64 Å². The number of carbonyl (C=O) groups is 2. The van der Waals surface area contributed by atoms with Crippen LogP contribution < -0.4 is 4.90 Å². The zero-order valence-corrected chi connectivity index (χ0v) is 15.6. The monoisotopic (exact) mass is 351 g/mol. The van der Waals surface area contributed by atoms with Crippen molar-refractivity contribution in [2.75, 3.05) is 24.6 Å². The number of hydrogen-bond donors (Lipinski definition) is 0. The van der Waals surface area contributed by atoms with Gasteiger partial charge in [0.1, 0.15) is 5.57 Å². The molecule has 4 heteroatoms. The summed E-state index contributed by atoms with van der Waals surface area (Å²) in [5, 5.41) is 0. The minimum Gasteiger partial charge on any atom is -0.462 e. The molecule has 2 rings (SSSR count). The summed E-state index contributed by atoms with van der Waals surface area (Å²) in [4.78, 5) is 27.5. The zero-order chi connectivity index (χ0) is 18.9. The van der Waals surface area contributed by atoms with Gasteiger partial charge >= 0.3 is 5.97 Å². The molecule has 0 amide bonds. The summed E-state index contributed by atoms with van der Waals surface area (Å²) in [6, 6.07) is 16.5. The standard InChI is InChI=1S/C22H25NO3/c1-4-23(5-2)20-15-11-10-14-18(20)16-19(22(25)26-6-3)21(24)17-12-8-7-9-13-17/h7-16H,4-6H2,1-3H3. The molecule has 0 aromatic heterocycles. The first-order valence-electron chi connectivity index (χ1n) is 8.94. The molecule has 0 saturated carbocycles. The average molecular weight is 351 g/mol. The van der Waals surface area contributed by atoms with Gasteiger partial charge in [0.05, 0.1) is 6.61 Å². The first kappa shape index (κ1) is 19.4. The van der Waals surface area contributed by atoms with Gasteiger partial charge in [-0.1, -0.05) is 48.5 Å². The molecular weight excluding hydrogens is 326 g/mol. The molecule has 0 fully saturated rings. The van der Waals surface area contributed by atoms with Crippen molar-refractivity contribution in [1.29, 1.82) is 0 Å². The third-order valence-electron chi connectivity index (χ3n) is 4.12. The fourth-order valence-corrected chi connectivity index (χ4v) is 2.79. The molecule has 26 heavy (non-hydrogen) atoms. The maximum absolute atomic E-state index is 12.9. The molecule has 0 radical (unpaired) electrons. The molecule has 2 aromatic rings. The second-order valence-corrected chi connectivity index (χ2v) is 5.70. The van der Waals surface area contributed by atoms with Crippen LogP contribution >= 0.6 is 0 Å². The first-order valence-corrected chi connectivity index (χ1v) is 8.94. The molecule has 4 nitrogen and oxygen atoms in total. The molecule has 0 spiro atoms. The Kier molecular flexibility index (Phi) is 7.15. The average Bonchev–Trinajstić information content (AvgIpc) is 2.68. The van der Waals surface area contributed by atoms with Crippen LogP contribution in [0.15, 0.2) is 60.2 Å². The quantitative estimate of drug-likeness (QED) is 0.233. The third kappa shape index (κ3) is 4.60. The van der Waals surface area contributed by atoms with Crippen molar-refractivity contribution in [2.45, 2.75) is 20.8 Å². The lowest BCUT2D eigenvalue weighted by atomic mass is 10.00. The predicted octanol–water partition coefficient (Wildman–Crippen LogP) is 4.36. The highest BCUT2D eigenvalue weighted by Crippen LogP contribution is 2.24. The van der Waals surface area contributed by atoms with E-state index in [9.17, 15) is 9.59 Å². The molecule has 0 aliphatic rings. The van der Waals surface area contributed by atoms with Gasteiger partial charge in [-0.2, -0.15) is 0 Å². The minimum absolute atomic E-state index is 0.0395. The number of para-hydroxylation sites is 1. The number of rotatable bonds is 8. The number of ether oxygens (including phenoxy) is 1. The van der Waals surface area contributed by atoms with Crippen LogP contribution in [0.3, 0.4) is 0 Å². The van der Waals surface area contributed by atoms with Crippen LogP contribution in [-0.4, -0.2) is 31.4 Å². The van der Waals surface area contributed by atoms with Crippen LogP contribution in [0.4, 0.5) is 5.69 Å². The van der Waals surface area contributed by atoms with Gasteiger partial charge in [-0.3, -0.25) is 4.79 Å². The van der Waals surface area contributed by atoms with E-state index in [0.717, 1.165) is 24.3 Å². The highest BCUT2D eigenvalue weighted by Gasteiger charge is 2.22. The summed E-state index contributed by atoms with van der Waals surface area (Å²) >= 11 is 0. The lowest BCUT2D eigenvalue weighted by molar-refractivity contribution is -0.137. The van der Waals surface area contributed by atoms with Crippen LogP contribution in [0.5, 0.6) is 0 Å². The summed E-state index contributed by atoms with van der Waals surface area (Å²) < 4.78 is 5.13. The molecule has 0 atom stereocenters. The Morgan fingerprint density at radius 1 is 0.923 bits per heavy atom. The van der Waals surface area contributed by atoms with E-state index in [2.05, 4.69) is 18.7 Å². The molecule has 0 aliphatic carbocycles. The lowest BCUT2D eigenvalue weighted by Gasteiger charge is -2.23. The number of hydrogen-bond acceptors (Lipinski definition) is 4. The highest BCUT2D eigenvalue weighted by molar-refractivity contribution is 6.27. The van der Waals surface area contributed by atoms with E-state index in [1.54, 1.807) is 37.3 Å². The Morgan fingerprint density at radius 3 is 2.15 bits per heavy atom. The van der Waals surface area contributed by atoms with Crippen LogP contribution in [0.25, 0.3) is 6.08 Å². The molecule has 0 bridgehead atoms. The largest absolute Gasteiger partial charge is 0.462 e. The van der Waals surface area contributed by atoms with Gasteiger partial charge in [0, 0.05) is 24.3 Å². The van der Waals surface area contributed by atoms with E-state index in [-0.39, 0.29) is 18.0 Å². The summed E-state index contributed by atoms with van der Waals surface area (Å²) in [6.07, 6.45) is 1.64. The van der Waals surface area contributed by atoms with Gasteiger partial charge in [-0.05, 0) is 38.5 Å². The molecule has 0 N–H and O–H groups in total. The third-order valence-corrected chi connectivity index (χ3v) is 4.12. The SMILES string of the molecule is CCOC(=O)C(=Cc1ccccc1N(CC)CC)C(=O)c1ccccc1. The van der Waals surface area contributed by atoms with E-state index < -0.39 is 5.97 Å². The number of Topliss-reactive ketones (excluding diaryl/α,β-unsaturated/α-hetero) is 1. The number of anilines is 1. The number of nitrogens with zero attached hydrogens (tertiary/aromatic N) is 1. The molecule has 0 saturated heterocycles. The predicted molar refractivity (Wildman–Crippen MR) is 105 cm³/mol. The van der Waals surface area contributed by atoms with E-state index in [1.807, 2.05) is 30.3 Å². The lowest BCUT2D eigenvalue weighted by Crippen LogP contribution is -2.23. The van der Waals surface area contributed by atoms with Gasteiger partial charge in [0.15, 0.2) is 5.78 Å². The van der Waals surface area contributed by atoms with Crippen LogP contribution in [0.1, 0.15) is 36.7 Å². The number of carbonyl (C=O) groups excluding carboxylic acids is 2. The van der Waals surface area contributed by atoms with Gasteiger partial charge in [0.2, 0.25) is 0 Å². The first-order chi connectivity index (χ1) is 12.6. The summed E-state index contributed by atoms with van der Waals surface area (Å²) in [5.74, 6) is -0.936. The van der Waals surface area contributed by atoms with Crippen molar-refractivity contribution >= 4 is 23.5 Å². The molecule has 136 valence electrons. The second kappa shape index (κ2) is 9.56. The Balaban J connectivity index is 2.53. The molecule has 2 aromatic carbocycles. The van der Waals surface area contributed by atoms with Crippen molar-refractivity contribution in [3.05, 3.63) is 71.3 Å². The maximum Gasteiger partial charge on any atom is 0.342 e. The normalized spacial score (nSPS) is 11.1. The Labute approximate surface area is 155 Å². The number of benzene rings is 2. The van der Waals surface area contributed by atoms with Crippen molar-refractivity contribution in [3.8, 4) is 0 Å². The van der Waals surface area contributed by atoms with Crippen LogP contribution in [0.2, 0.25) is 0 Å². The van der Waals surface area contributed by atoms with E-state index >= 15 is 0 Å². The molecule has 0 unspecified atom stereocenters. The molecule has 0 heterocycles. The van der Waals surface area contributed by atoms with Crippen molar-refractivity contribution in [2.24, 2.45) is 0 Å². The molecular formula is C22H25NO3. The van der Waals surface area contributed by atoms with Gasteiger partial charge in [-0.25, -0.2) is 4.79 Å². The fourth-order valence-electron chi connectivity index (χ4n) is 2.79. The highest BCUT2D eigenvalue weighted by atomic mass is 16.5. The zero-order valence-electron chi connectivity index (χ0n) is 15.6. The summed E-state index contributed by atoms with van der Waals surface area (Å²) in [6.45, 7) is 7.77. The summed E-state index contributed by atoms with van der Waals surface area (Å²) in [5.41, 5.74) is 2.31. The Morgan fingerprint density at radius 2 is 1.54 bits per heavy atom. The number of ketones is 1. The van der Waals surface area contributed by atoms with E-state index in [0.29, 0.717) is 5.56 Å². The van der Waals surface area contributed by atoms with E-state index in [4.69, 9.17) is 4.74 Å². The maximum atomic E-state index is 12.9. The van der Waals surface area contributed by atoms with Crippen molar-refractivity contribution in [3.63, 3.8) is 0 Å². The van der Waals surface area contributed by atoms with Crippen molar-refractivity contribution in [1.82, 2.24) is 0 Å². The topological polar surface area (TPSA) is 46.6 Å². The Bertz CT molecular complexity index is 777. The Hall–Kier alpha value is -2.88.